The Morgan fingerprint density at radius 3 is 2.44 bits per heavy atom. The van der Waals surface area contributed by atoms with E-state index < -0.39 is 0 Å². The fraction of sp³-hybridized carbons (Fsp3) is 0.364. The van der Waals surface area contributed by atoms with E-state index in [0.29, 0.717) is 22.4 Å². The van der Waals surface area contributed by atoms with Gasteiger partial charge in [0.2, 0.25) is 0 Å². The molecule has 0 bridgehead atoms. The minimum Gasteiger partial charge on any atom is -0.493 e. The number of carbonyl (C=O) groups is 1. The lowest BCUT2D eigenvalue weighted by Gasteiger charge is -2.10. The van der Waals surface area contributed by atoms with E-state index in [0.717, 1.165) is 0 Å². The molecule has 0 N–H and O–H groups in total. The highest BCUT2D eigenvalue weighted by Gasteiger charge is 2.17. The van der Waals surface area contributed by atoms with Gasteiger partial charge in [0.1, 0.15) is 0 Å². The third kappa shape index (κ3) is 2.98. The van der Waals surface area contributed by atoms with Crippen LogP contribution in [0.15, 0.2) is 18.2 Å². The molecular formula is C11H12Br2O3. The average molecular weight is 352 g/mol. The Hall–Kier alpha value is -0.550. The second-order valence-corrected chi connectivity index (χ2v) is 4.81. The highest BCUT2D eigenvalue weighted by atomic mass is 79.9. The molecule has 88 valence electrons. The molecule has 1 unspecified atom stereocenters. The number of halogens is 2. The van der Waals surface area contributed by atoms with E-state index in [-0.39, 0.29) is 10.6 Å². The Morgan fingerprint density at radius 2 is 1.94 bits per heavy atom. The van der Waals surface area contributed by atoms with Crippen molar-refractivity contribution >= 4 is 37.6 Å². The molecule has 0 heterocycles. The summed E-state index contributed by atoms with van der Waals surface area (Å²) in [4.78, 5) is 11.6. The first-order chi connectivity index (χ1) is 7.63. The number of ketones is 1. The first-order valence-electron chi connectivity index (χ1n) is 4.60. The fourth-order valence-electron chi connectivity index (χ4n) is 1.24. The summed E-state index contributed by atoms with van der Waals surface area (Å²) in [5.74, 6) is 1.18. The summed E-state index contributed by atoms with van der Waals surface area (Å²) >= 11 is 6.55. The van der Waals surface area contributed by atoms with Crippen LogP contribution in [-0.4, -0.2) is 30.2 Å². The molecule has 0 fully saturated rings. The first-order valence-corrected chi connectivity index (χ1v) is 6.64. The number of carbonyl (C=O) groups excluding carboxylic acids is 1. The molecule has 0 saturated heterocycles. The van der Waals surface area contributed by atoms with Crippen LogP contribution in [-0.2, 0) is 0 Å². The largest absolute Gasteiger partial charge is 0.493 e. The zero-order valence-corrected chi connectivity index (χ0v) is 12.2. The second-order valence-electron chi connectivity index (χ2n) is 3.06. The predicted molar refractivity (Wildman–Crippen MR) is 70.4 cm³/mol. The van der Waals surface area contributed by atoms with Crippen molar-refractivity contribution < 1.29 is 14.3 Å². The smallest absolute Gasteiger partial charge is 0.177 e. The van der Waals surface area contributed by atoms with Crippen LogP contribution >= 0.6 is 31.9 Å². The van der Waals surface area contributed by atoms with Crippen molar-refractivity contribution in [2.24, 2.45) is 0 Å². The van der Waals surface area contributed by atoms with Crippen LogP contribution in [0, 0.1) is 0 Å². The molecule has 0 saturated carbocycles. The normalized spacial score (nSPS) is 12.0. The Kier molecular flexibility index (Phi) is 5.28. The standard InChI is InChI=1S/C11H12Br2O3/c1-15-9-4-3-7(5-10(9)16-2)11(14)8(13)6-12/h3-5,8H,6H2,1-2H3. The van der Waals surface area contributed by atoms with Crippen molar-refractivity contribution in [3.63, 3.8) is 0 Å². The molecule has 0 radical (unpaired) electrons. The molecule has 0 aliphatic heterocycles. The van der Waals surface area contributed by atoms with Crippen LogP contribution in [0.1, 0.15) is 10.4 Å². The van der Waals surface area contributed by atoms with Crippen LogP contribution in [0.5, 0.6) is 11.5 Å². The van der Waals surface area contributed by atoms with E-state index >= 15 is 0 Å². The summed E-state index contributed by atoms with van der Waals surface area (Å²) in [5.41, 5.74) is 0.596. The number of benzene rings is 1. The van der Waals surface area contributed by atoms with Gasteiger partial charge in [0, 0.05) is 10.9 Å². The third-order valence-corrected chi connectivity index (χ3v) is 4.34. The molecular weight excluding hydrogens is 340 g/mol. The minimum atomic E-state index is -0.231. The summed E-state index contributed by atoms with van der Waals surface area (Å²) in [6.07, 6.45) is 0. The summed E-state index contributed by atoms with van der Waals surface area (Å²) in [5, 5.41) is 0.570. The zero-order valence-electron chi connectivity index (χ0n) is 9.00. The van der Waals surface area contributed by atoms with Crippen LogP contribution in [0.25, 0.3) is 0 Å². The van der Waals surface area contributed by atoms with Gasteiger partial charge in [-0.3, -0.25) is 4.79 Å². The Morgan fingerprint density at radius 1 is 1.31 bits per heavy atom. The van der Waals surface area contributed by atoms with E-state index in [9.17, 15) is 4.79 Å². The number of hydrogen-bond donors (Lipinski definition) is 0. The molecule has 16 heavy (non-hydrogen) atoms. The van der Waals surface area contributed by atoms with E-state index in [4.69, 9.17) is 9.47 Å². The average Bonchev–Trinajstić information content (AvgIpc) is 2.35. The van der Waals surface area contributed by atoms with Crippen molar-refractivity contribution in [3.05, 3.63) is 23.8 Å². The molecule has 1 atom stereocenters. The van der Waals surface area contributed by atoms with Gasteiger partial charge >= 0.3 is 0 Å². The number of hydrogen-bond acceptors (Lipinski definition) is 3. The number of ether oxygens (including phenoxy) is 2. The van der Waals surface area contributed by atoms with Crippen LogP contribution < -0.4 is 9.47 Å². The molecule has 3 nitrogen and oxygen atoms in total. The van der Waals surface area contributed by atoms with Gasteiger partial charge in [-0.2, -0.15) is 0 Å². The SMILES string of the molecule is COc1ccc(C(=O)C(Br)CBr)cc1OC. The molecule has 0 aromatic heterocycles. The van der Waals surface area contributed by atoms with Gasteiger partial charge in [0.25, 0.3) is 0 Å². The summed E-state index contributed by atoms with van der Waals surface area (Å²) < 4.78 is 10.2. The molecule has 1 aromatic rings. The van der Waals surface area contributed by atoms with E-state index in [2.05, 4.69) is 31.9 Å². The minimum absolute atomic E-state index is 0.0119. The van der Waals surface area contributed by atoms with Gasteiger partial charge < -0.3 is 9.47 Å². The Bertz CT molecular complexity index is 379. The topological polar surface area (TPSA) is 35.5 Å². The lowest BCUT2D eigenvalue weighted by molar-refractivity contribution is 0.0997. The van der Waals surface area contributed by atoms with Crippen molar-refractivity contribution in [1.82, 2.24) is 0 Å². The number of Topliss-reactive ketones (excluding diaryl/α,β-unsaturated/α-hetero) is 1. The Labute approximate surface area is 111 Å². The summed E-state index contributed by atoms with van der Waals surface area (Å²) in [6, 6.07) is 5.12. The van der Waals surface area contributed by atoms with Crippen LogP contribution in [0.2, 0.25) is 0 Å². The van der Waals surface area contributed by atoms with Gasteiger partial charge in [-0.25, -0.2) is 0 Å². The fourth-order valence-corrected chi connectivity index (χ4v) is 1.80. The lowest BCUT2D eigenvalue weighted by Crippen LogP contribution is -2.15. The van der Waals surface area contributed by atoms with Gasteiger partial charge in [-0.15, -0.1) is 0 Å². The highest BCUT2D eigenvalue weighted by Crippen LogP contribution is 2.28. The molecule has 1 aromatic carbocycles. The lowest BCUT2D eigenvalue weighted by atomic mass is 10.1. The van der Waals surface area contributed by atoms with Gasteiger partial charge in [0.15, 0.2) is 17.3 Å². The van der Waals surface area contributed by atoms with Crippen LogP contribution in [0.3, 0.4) is 0 Å². The van der Waals surface area contributed by atoms with E-state index in [1.807, 2.05) is 0 Å². The maximum atomic E-state index is 11.9. The van der Waals surface area contributed by atoms with Gasteiger partial charge in [-0.1, -0.05) is 31.9 Å². The maximum absolute atomic E-state index is 11.9. The quantitative estimate of drug-likeness (QED) is 0.604. The van der Waals surface area contributed by atoms with Crippen molar-refractivity contribution in [2.45, 2.75) is 4.83 Å². The van der Waals surface area contributed by atoms with Crippen molar-refractivity contribution in [1.29, 1.82) is 0 Å². The monoisotopic (exact) mass is 350 g/mol. The molecule has 0 aliphatic carbocycles. The molecule has 0 amide bonds. The molecule has 0 aliphatic rings. The number of methoxy groups -OCH3 is 2. The van der Waals surface area contributed by atoms with Gasteiger partial charge in [-0.05, 0) is 18.2 Å². The van der Waals surface area contributed by atoms with E-state index in [1.54, 1.807) is 32.4 Å². The molecule has 5 heteroatoms. The highest BCUT2D eigenvalue weighted by molar-refractivity contribution is 9.12. The summed E-state index contributed by atoms with van der Waals surface area (Å²) in [7, 11) is 3.10. The predicted octanol–water partition coefficient (Wildman–Crippen LogP) is 3.04. The van der Waals surface area contributed by atoms with Crippen molar-refractivity contribution in [2.75, 3.05) is 19.5 Å². The van der Waals surface area contributed by atoms with Crippen LogP contribution in [0.4, 0.5) is 0 Å². The molecule has 0 spiro atoms. The second kappa shape index (κ2) is 6.25. The number of alkyl halides is 2. The number of rotatable bonds is 5. The molecule has 1 rings (SSSR count). The Balaban J connectivity index is 3.03. The summed E-state index contributed by atoms with van der Waals surface area (Å²) in [6.45, 7) is 0. The first kappa shape index (κ1) is 13.5. The third-order valence-electron chi connectivity index (χ3n) is 2.09. The van der Waals surface area contributed by atoms with Crippen molar-refractivity contribution in [3.8, 4) is 11.5 Å². The zero-order chi connectivity index (χ0) is 12.1. The maximum Gasteiger partial charge on any atom is 0.177 e. The van der Waals surface area contributed by atoms with E-state index in [1.165, 1.54) is 0 Å². The van der Waals surface area contributed by atoms with Gasteiger partial charge in [0.05, 0.1) is 19.0 Å².